The lowest BCUT2D eigenvalue weighted by atomic mass is 10.1. The molecule has 0 amide bonds. The van der Waals surface area contributed by atoms with E-state index in [1.165, 1.54) is 0 Å². The summed E-state index contributed by atoms with van der Waals surface area (Å²) in [6.07, 6.45) is 5.81. The summed E-state index contributed by atoms with van der Waals surface area (Å²) >= 11 is 1.61. The first-order valence-corrected chi connectivity index (χ1v) is 12.8. The van der Waals surface area contributed by atoms with Gasteiger partial charge in [0.05, 0.1) is 17.4 Å². The van der Waals surface area contributed by atoms with Crippen LogP contribution in [0.25, 0.3) is 0 Å². The zero-order valence-electron chi connectivity index (χ0n) is 19.6. The Balaban J connectivity index is 2.10. The molecule has 0 spiro atoms. The third-order valence-corrected chi connectivity index (χ3v) is 6.71. The number of benzene rings is 1. The van der Waals surface area contributed by atoms with Gasteiger partial charge in [-0.2, -0.15) is 0 Å². The molecule has 31 heavy (non-hydrogen) atoms. The van der Waals surface area contributed by atoms with Crippen LogP contribution in [0.15, 0.2) is 24.3 Å². The van der Waals surface area contributed by atoms with Gasteiger partial charge in [0.2, 0.25) is 0 Å². The van der Waals surface area contributed by atoms with E-state index >= 15 is 0 Å². The van der Waals surface area contributed by atoms with E-state index in [1.807, 2.05) is 31.2 Å². The Bertz CT molecular complexity index is 621. The van der Waals surface area contributed by atoms with Crippen molar-refractivity contribution in [3.8, 4) is 0 Å². The first-order valence-electron chi connectivity index (χ1n) is 11.8. The Labute approximate surface area is 192 Å². The Hall–Kier alpha value is -1.08. The number of rotatable bonds is 15. The Kier molecular flexibility index (Phi) is 12.6. The molecule has 1 aromatic rings. The molecule has 1 saturated heterocycles. The van der Waals surface area contributed by atoms with Gasteiger partial charge in [0.1, 0.15) is 12.2 Å². The van der Waals surface area contributed by atoms with Crippen LogP contribution < -0.4 is 0 Å². The Morgan fingerprint density at radius 1 is 0.871 bits per heavy atom. The minimum atomic E-state index is -0.405. The number of hydrogen-bond donors (Lipinski definition) is 0. The summed E-state index contributed by atoms with van der Waals surface area (Å²) in [4.78, 5) is 12.8. The molecule has 0 aliphatic carbocycles. The van der Waals surface area contributed by atoms with Crippen molar-refractivity contribution in [2.45, 2.75) is 89.1 Å². The van der Waals surface area contributed by atoms with Crippen molar-refractivity contribution in [3.63, 3.8) is 0 Å². The fourth-order valence-electron chi connectivity index (χ4n) is 3.33. The highest BCUT2D eigenvalue weighted by Gasteiger charge is 2.48. The number of ether oxygens (including phenoxy) is 4. The van der Waals surface area contributed by atoms with Gasteiger partial charge < -0.3 is 18.9 Å². The summed E-state index contributed by atoms with van der Waals surface area (Å²) < 4.78 is 24.4. The van der Waals surface area contributed by atoms with Gasteiger partial charge in [0.25, 0.3) is 0 Å². The SMILES string of the molecule is CCCCOC[C@H]1SC(OC(=O)c2ccc(C)cc2)[C@H](OCCCC)[C@H]1OCCCC. The van der Waals surface area contributed by atoms with Crippen molar-refractivity contribution >= 4 is 17.7 Å². The average molecular weight is 453 g/mol. The van der Waals surface area contributed by atoms with E-state index in [9.17, 15) is 4.79 Å². The molecule has 0 saturated carbocycles. The minimum absolute atomic E-state index is 0.0798. The lowest BCUT2D eigenvalue weighted by molar-refractivity contribution is -0.0998. The van der Waals surface area contributed by atoms with Crippen molar-refractivity contribution in [1.29, 1.82) is 0 Å². The highest BCUT2D eigenvalue weighted by atomic mass is 32.2. The van der Waals surface area contributed by atoms with Crippen LogP contribution in [0.3, 0.4) is 0 Å². The normalized spacial score (nSPS) is 23.2. The molecule has 0 aromatic heterocycles. The summed E-state index contributed by atoms with van der Waals surface area (Å²) in [5.74, 6) is -0.318. The van der Waals surface area contributed by atoms with E-state index in [-0.39, 0.29) is 23.4 Å². The molecule has 5 nitrogen and oxygen atoms in total. The molecule has 1 aromatic carbocycles. The minimum Gasteiger partial charge on any atom is -0.445 e. The van der Waals surface area contributed by atoms with Crippen molar-refractivity contribution < 1.29 is 23.7 Å². The molecule has 0 N–H and O–H groups in total. The van der Waals surface area contributed by atoms with Gasteiger partial charge in [0, 0.05) is 19.8 Å². The summed E-state index contributed by atoms with van der Waals surface area (Å²) in [6, 6.07) is 7.47. The van der Waals surface area contributed by atoms with Crippen molar-refractivity contribution in [3.05, 3.63) is 35.4 Å². The maximum absolute atomic E-state index is 12.8. The second-order valence-electron chi connectivity index (χ2n) is 8.12. The van der Waals surface area contributed by atoms with E-state index in [0.717, 1.165) is 50.7 Å². The van der Waals surface area contributed by atoms with Gasteiger partial charge in [0.15, 0.2) is 5.44 Å². The van der Waals surface area contributed by atoms with Crippen LogP contribution in [-0.4, -0.2) is 55.3 Å². The quantitative estimate of drug-likeness (QED) is 0.248. The largest absolute Gasteiger partial charge is 0.445 e. The number of carbonyl (C=O) groups is 1. The van der Waals surface area contributed by atoms with Gasteiger partial charge in [-0.05, 0) is 38.3 Å². The fourth-order valence-corrected chi connectivity index (χ4v) is 4.77. The topological polar surface area (TPSA) is 54.0 Å². The van der Waals surface area contributed by atoms with Crippen LogP contribution in [0.2, 0.25) is 0 Å². The average Bonchev–Trinajstić information content (AvgIpc) is 3.08. The number of hydrogen-bond acceptors (Lipinski definition) is 6. The molecule has 1 aliphatic rings. The van der Waals surface area contributed by atoms with Crippen molar-refractivity contribution in [2.24, 2.45) is 0 Å². The van der Waals surface area contributed by atoms with Gasteiger partial charge in [-0.1, -0.05) is 57.7 Å². The summed E-state index contributed by atoms with van der Waals surface area (Å²) in [7, 11) is 0. The lowest BCUT2D eigenvalue weighted by Gasteiger charge is -2.26. The molecule has 1 unspecified atom stereocenters. The second-order valence-corrected chi connectivity index (χ2v) is 9.46. The molecular weight excluding hydrogens is 412 g/mol. The second kappa shape index (κ2) is 14.9. The molecule has 0 bridgehead atoms. The fraction of sp³-hybridized carbons (Fsp3) is 0.720. The van der Waals surface area contributed by atoms with Gasteiger partial charge in [-0.3, -0.25) is 0 Å². The maximum Gasteiger partial charge on any atom is 0.339 e. The number of esters is 1. The highest BCUT2D eigenvalue weighted by Crippen LogP contribution is 2.39. The molecule has 2 rings (SSSR count). The first kappa shape index (κ1) is 26.2. The Morgan fingerprint density at radius 2 is 1.45 bits per heavy atom. The molecule has 1 fully saturated rings. The third-order valence-electron chi connectivity index (χ3n) is 5.32. The van der Waals surface area contributed by atoms with E-state index in [0.29, 0.717) is 25.4 Å². The number of carbonyl (C=O) groups excluding carboxylic acids is 1. The van der Waals surface area contributed by atoms with Gasteiger partial charge >= 0.3 is 5.97 Å². The van der Waals surface area contributed by atoms with Gasteiger partial charge in [-0.15, -0.1) is 11.8 Å². The summed E-state index contributed by atoms with van der Waals surface area (Å²) in [5, 5.41) is 0.0798. The molecule has 6 heteroatoms. The number of unbranched alkanes of at least 4 members (excludes halogenated alkanes) is 3. The summed E-state index contributed by atoms with van der Waals surface area (Å²) in [5.41, 5.74) is 1.27. The predicted molar refractivity (Wildman–Crippen MR) is 127 cm³/mol. The van der Waals surface area contributed by atoms with Crippen LogP contribution in [0, 0.1) is 6.92 Å². The highest BCUT2D eigenvalue weighted by molar-refractivity contribution is 8.00. The molecule has 4 atom stereocenters. The number of thioether (sulfide) groups is 1. The standard InChI is InChI=1S/C25H40O5S/c1-5-8-15-27-18-21-22(28-16-9-6-2)23(29-17-10-7-3)25(31-21)30-24(26)20-13-11-19(4)12-14-20/h11-14,21-23,25H,5-10,15-18H2,1-4H3/t21-,22+,23-,25?/m1/s1. The first-order chi connectivity index (χ1) is 15.1. The van der Waals surface area contributed by atoms with Crippen LogP contribution in [-0.2, 0) is 18.9 Å². The maximum atomic E-state index is 12.8. The zero-order valence-corrected chi connectivity index (χ0v) is 20.5. The van der Waals surface area contributed by atoms with E-state index in [4.69, 9.17) is 18.9 Å². The lowest BCUT2D eigenvalue weighted by Crippen LogP contribution is -2.40. The Morgan fingerprint density at radius 3 is 2.06 bits per heavy atom. The molecule has 1 heterocycles. The van der Waals surface area contributed by atoms with Crippen LogP contribution in [0.1, 0.15) is 75.2 Å². The van der Waals surface area contributed by atoms with E-state index in [2.05, 4.69) is 20.8 Å². The molecule has 1 aliphatic heterocycles. The third kappa shape index (κ3) is 8.76. The van der Waals surface area contributed by atoms with Gasteiger partial charge in [-0.25, -0.2) is 4.79 Å². The predicted octanol–water partition coefficient (Wildman–Crippen LogP) is 5.78. The smallest absolute Gasteiger partial charge is 0.339 e. The van der Waals surface area contributed by atoms with Crippen LogP contribution in [0.4, 0.5) is 0 Å². The monoisotopic (exact) mass is 452 g/mol. The van der Waals surface area contributed by atoms with Crippen LogP contribution in [0.5, 0.6) is 0 Å². The van der Waals surface area contributed by atoms with E-state index < -0.39 is 5.44 Å². The van der Waals surface area contributed by atoms with Crippen molar-refractivity contribution in [2.75, 3.05) is 26.4 Å². The molecule has 176 valence electrons. The summed E-state index contributed by atoms with van der Waals surface area (Å²) in [6.45, 7) is 11.1. The van der Waals surface area contributed by atoms with Crippen LogP contribution >= 0.6 is 11.8 Å². The zero-order chi connectivity index (χ0) is 22.5. The molecular formula is C25H40O5S. The van der Waals surface area contributed by atoms with E-state index in [1.54, 1.807) is 11.8 Å². The van der Waals surface area contributed by atoms with Crippen molar-refractivity contribution in [1.82, 2.24) is 0 Å². The molecule has 0 radical (unpaired) electrons. The number of aryl methyl sites for hydroxylation is 1.